The Balaban J connectivity index is 1.13. The van der Waals surface area contributed by atoms with Crippen LogP contribution in [-0.2, 0) is 19.2 Å². The molecule has 190 valence electrons. The van der Waals surface area contributed by atoms with Gasteiger partial charge in [0.15, 0.2) is 0 Å². The third kappa shape index (κ3) is 4.42. The number of amides is 3. The van der Waals surface area contributed by atoms with Gasteiger partial charge in [-0.3, -0.25) is 19.3 Å². The lowest BCUT2D eigenvalue weighted by Crippen LogP contribution is -2.70. The Hall–Kier alpha value is -3.24. The van der Waals surface area contributed by atoms with E-state index in [4.69, 9.17) is 0 Å². The number of benzene rings is 2. The molecule has 37 heavy (non-hydrogen) atoms. The molecule has 4 aliphatic rings. The lowest BCUT2D eigenvalue weighted by molar-refractivity contribution is -0.150. The van der Waals surface area contributed by atoms with Gasteiger partial charge in [-0.1, -0.05) is 36.4 Å². The Morgan fingerprint density at radius 1 is 1.14 bits per heavy atom. The second kappa shape index (κ2) is 9.57. The lowest BCUT2D eigenvalue weighted by Gasteiger charge is -2.49. The SMILES string of the molecule is O=C(CSc1cccc2ccccc12)N[C@@H]1C(=O)N2C(C(=O)O)=C(C=C3CCN(C4CC4)C3=O)CS[C@H]12. The topological polar surface area (TPSA) is 107 Å². The lowest BCUT2D eigenvalue weighted by atomic mass is 10.0. The van der Waals surface area contributed by atoms with Crippen molar-refractivity contribution in [3.63, 3.8) is 0 Å². The quantitative estimate of drug-likeness (QED) is 0.319. The molecule has 10 heteroatoms. The van der Waals surface area contributed by atoms with Crippen LogP contribution in [0.4, 0.5) is 0 Å². The molecular weight excluding hydrogens is 510 g/mol. The number of rotatable bonds is 7. The fourth-order valence-electron chi connectivity index (χ4n) is 5.15. The number of carboxylic acid groups (broad SMARTS) is 1. The highest BCUT2D eigenvalue weighted by Crippen LogP contribution is 2.42. The summed E-state index contributed by atoms with van der Waals surface area (Å²) < 4.78 is 0. The van der Waals surface area contributed by atoms with Gasteiger partial charge in [-0.15, -0.1) is 23.5 Å². The second-order valence-electron chi connectivity index (χ2n) is 9.55. The van der Waals surface area contributed by atoms with E-state index in [1.165, 1.54) is 28.4 Å². The van der Waals surface area contributed by atoms with E-state index in [1.54, 1.807) is 6.08 Å². The monoisotopic (exact) mass is 535 g/mol. The number of carbonyl (C=O) groups is 4. The Kier molecular flexibility index (Phi) is 6.24. The Bertz CT molecular complexity index is 1390. The summed E-state index contributed by atoms with van der Waals surface area (Å²) in [6.07, 6.45) is 4.29. The van der Waals surface area contributed by atoms with E-state index in [-0.39, 0.29) is 23.3 Å². The maximum absolute atomic E-state index is 13.0. The van der Waals surface area contributed by atoms with Gasteiger partial charge in [0.1, 0.15) is 17.1 Å². The van der Waals surface area contributed by atoms with Crippen molar-refractivity contribution in [2.75, 3.05) is 18.1 Å². The van der Waals surface area contributed by atoms with E-state index in [0.717, 1.165) is 28.5 Å². The summed E-state index contributed by atoms with van der Waals surface area (Å²) in [7, 11) is 0. The molecule has 6 rings (SSSR count). The summed E-state index contributed by atoms with van der Waals surface area (Å²) in [5.74, 6) is -1.45. The fourth-order valence-corrected chi connectivity index (χ4v) is 7.34. The van der Waals surface area contributed by atoms with Crippen LogP contribution in [0.3, 0.4) is 0 Å². The number of nitrogens with one attached hydrogen (secondary N) is 1. The molecule has 2 N–H and O–H groups in total. The minimum absolute atomic E-state index is 0.0318. The van der Waals surface area contributed by atoms with Gasteiger partial charge in [-0.25, -0.2) is 4.79 Å². The summed E-state index contributed by atoms with van der Waals surface area (Å²) in [5.41, 5.74) is 0.983. The van der Waals surface area contributed by atoms with Crippen LogP contribution in [0.25, 0.3) is 10.8 Å². The molecule has 3 fully saturated rings. The average Bonchev–Trinajstić information content (AvgIpc) is 3.68. The summed E-state index contributed by atoms with van der Waals surface area (Å²) in [4.78, 5) is 54.7. The van der Waals surface area contributed by atoms with Crippen LogP contribution in [0.5, 0.6) is 0 Å². The first-order valence-electron chi connectivity index (χ1n) is 12.2. The molecule has 2 aromatic rings. The first kappa shape index (κ1) is 24.1. The predicted molar refractivity (Wildman–Crippen MR) is 142 cm³/mol. The summed E-state index contributed by atoms with van der Waals surface area (Å²) in [6, 6.07) is 13.4. The number of carboxylic acids is 1. The minimum Gasteiger partial charge on any atom is -0.477 e. The van der Waals surface area contributed by atoms with Gasteiger partial charge >= 0.3 is 5.97 Å². The van der Waals surface area contributed by atoms with E-state index in [9.17, 15) is 24.3 Å². The van der Waals surface area contributed by atoms with Gasteiger partial charge < -0.3 is 15.3 Å². The van der Waals surface area contributed by atoms with Crippen LogP contribution >= 0.6 is 23.5 Å². The molecule has 8 nitrogen and oxygen atoms in total. The number of hydrogen-bond acceptors (Lipinski definition) is 6. The third-order valence-electron chi connectivity index (χ3n) is 7.12. The van der Waals surface area contributed by atoms with Crippen LogP contribution in [0.1, 0.15) is 19.3 Å². The fraction of sp³-hybridized carbons (Fsp3) is 0.333. The average molecular weight is 536 g/mol. The molecule has 0 aromatic heterocycles. The minimum atomic E-state index is -1.20. The molecule has 1 saturated carbocycles. The van der Waals surface area contributed by atoms with Gasteiger partial charge in [-0.05, 0) is 47.8 Å². The number of aliphatic carboxylic acids is 1. The van der Waals surface area contributed by atoms with Crippen molar-refractivity contribution in [2.45, 2.75) is 41.6 Å². The molecule has 1 aliphatic carbocycles. The Labute approximate surface area is 222 Å². The zero-order chi connectivity index (χ0) is 25.7. The number of hydrogen-bond donors (Lipinski definition) is 2. The van der Waals surface area contributed by atoms with Gasteiger partial charge in [0, 0.05) is 28.8 Å². The van der Waals surface area contributed by atoms with E-state index in [1.807, 2.05) is 47.4 Å². The number of carbonyl (C=O) groups excluding carboxylic acids is 3. The first-order chi connectivity index (χ1) is 17.9. The summed E-state index contributed by atoms with van der Waals surface area (Å²) >= 11 is 2.81. The molecule has 0 bridgehead atoms. The molecule has 3 amide bonds. The highest BCUT2D eigenvalue weighted by atomic mass is 32.2. The van der Waals surface area contributed by atoms with E-state index in [2.05, 4.69) is 5.32 Å². The highest BCUT2D eigenvalue weighted by molar-refractivity contribution is 8.00. The summed E-state index contributed by atoms with van der Waals surface area (Å²) in [6.45, 7) is 0.661. The van der Waals surface area contributed by atoms with Crippen LogP contribution in [0.15, 0.2) is 70.3 Å². The van der Waals surface area contributed by atoms with Gasteiger partial charge in [0.05, 0.1) is 5.75 Å². The van der Waals surface area contributed by atoms with Crippen molar-refractivity contribution >= 4 is 58.0 Å². The van der Waals surface area contributed by atoms with E-state index in [0.29, 0.717) is 35.9 Å². The number of nitrogens with zero attached hydrogens (tertiary/aromatic N) is 2. The van der Waals surface area contributed by atoms with Crippen molar-refractivity contribution in [3.05, 3.63) is 65.4 Å². The predicted octanol–water partition coefficient (Wildman–Crippen LogP) is 2.99. The molecule has 2 saturated heterocycles. The van der Waals surface area contributed by atoms with Crippen molar-refractivity contribution in [1.82, 2.24) is 15.1 Å². The zero-order valence-corrected chi connectivity index (χ0v) is 21.5. The van der Waals surface area contributed by atoms with Gasteiger partial charge in [0.25, 0.3) is 5.91 Å². The maximum atomic E-state index is 13.0. The molecule has 0 radical (unpaired) electrons. The highest BCUT2D eigenvalue weighted by Gasteiger charge is 2.54. The number of thioether (sulfide) groups is 2. The molecule has 3 aliphatic heterocycles. The standard InChI is InChI=1S/C27H25N3O5S2/c31-21(14-36-20-7-3-5-15-4-1-2-6-19(15)20)28-22-25(33)30-23(27(34)35)17(13-37-26(22)30)12-16-10-11-29(24(16)32)18-8-9-18/h1-7,12,18,22,26H,8-11,13-14H2,(H,28,31)(H,34,35)/t22-,26-/m1/s1. The van der Waals surface area contributed by atoms with Crippen LogP contribution in [0.2, 0.25) is 0 Å². The van der Waals surface area contributed by atoms with Crippen LogP contribution in [0, 0.1) is 0 Å². The number of β-lactam (4-membered cyclic amide) rings is 1. The van der Waals surface area contributed by atoms with Crippen molar-refractivity contribution < 1.29 is 24.3 Å². The molecular formula is C27H25N3O5S2. The van der Waals surface area contributed by atoms with Crippen molar-refractivity contribution in [2.24, 2.45) is 0 Å². The van der Waals surface area contributed by atoms with Crippen molar-refractivity contribution in [1.29, 1.82) is 0 Å². The molecule has 0 spiro atoms. The maximum Gasteiger partial charge on any atom is 0.352 e. The van der Waals surface area contributed by atoms with Crippen LogP contribution < -0.4 is 5.32 Å². The molecule has 0 unspecified atom stereocenters. The number of fused-ring (bicyclic) bond motifs is 2. The second-order valence-corrected chi connectivity index (χ2v) is 11.7. The third-order valence-corrected chi connectivity index (χ3v) is 9.49. The number of likely N-dealkylation sites (tertiary alicyclic amines) is 1. The largest absolute Gasteiger partial charge is 0.477 e. The Morgan fingerprint density at radius 3 is 2.70 bits per heavy atom. The normalized spacial score (nSPS) is 24.5. The molecule has 2 atom stereocenters. The van der Waals surface area contributed by atoms with E-state index >= 15 is 0 Å². The van der Waals surface area contributed by atoms with E-state index < -0.39 is 23.3 Å². The first-order valence-corrected chi connectivity index (χ1v) is 14.3. The van der Waals surface area contributed by atoms with Gasteiger partial charge in [0.2, 0.25) is 11.8 Å². The van der Waals surface area contributed by atoms with Crippen molar-refractivity contribution in [3.8, 4) is 0 Å². The smallest absolute Gasteiger partial charge is 0.352 e. The molecule has 2 aromatic carbocycles. The van der Waals surface area contributed by atoms with Crippen LogP contribution in [-0.4, -0.2) is 74.1 Å². The Morgan fingerprint density at radius 2 is 1.92 bits per heavy atom. The van der Waals surface area contributed by atoms with Gasteiger partial charge in [-0.2, -0.15) is 0 Å². The number of allylic oxidation sites excluding steroid dienone is 1. The summed E-state index contributed by atoms with van der Waals surface area (Å²) in [5, 5.41) is 14.4. The zero-order valence-electron chi connectivity index (χ0n) is 19.9. The molecule has 3 heterocycles.